The minimum Gasteiger partial charge on any atom is -0.346 e. The highest BCUT2D eigenvalue weighted by molar-refractivity contribution is 6.02. The average molecular weight is 350 g/mol. The molecule has 6 nitrogen and oxygen atoms in total. The summed E-state index contributed by atoms with van der Waals surface area (Å²) < 4.78 is 1.64. The lowest BCUT2D eigenvalue weighted by Gasteiger charge is -2.19. The van der Waals surface area contributed by atoms with E-state index in [-0.39, 0.29) is 23.3 Å². The van der Waals surface area contributed by atoms with Crippen molar-refractivity contribution < 1.29 is 9.59 Å². The quantitative estimate of drug-likeness (QED) is 0.760. The topological polar surface area (TPSA) is 75.5 Å². The van der Waals surface area contributed by atoms with E-state index < -0.39 is 5.54 Å². The molecule has 0 aliphatic heterocycles. The molecule has 0 saturated carbocycles. The molecule has 2 heterocycles. The fourth-order valence-corrected chi connectivity index (χ4v) is 2.62. The fraction of sp³-hybridized carbons (Fsp3) is 0.250. The van der Waals surface area contributed by atoms with Gasteiger partial charge in [0.1, 0.15) is 0 Å². The molecule has 6 heteroatoms. The zero-order chi connectivity index (χ0) is 18.7. The van der Waals surface area contributed by atoms with Gasteiger partial charge in [0.05, 0.1) is 5.52 Å². The fourth-order valence-electron chi connectivity index (χ4n) is 2.62. The van der Waals surface area contributed by atoms with Crippen molar-refractivity contribution in [2.75, 3.05) is 0 Å². The molecule has 26 heavy (non-hydrogen) atoms. The second-order valence-corrected chi connectivity index (χ2v) is 7.11. The van der Waals surface area contributed by atoms with Gasteiger partial charge in [-0.05, 0) is 38.5 Å². The highest BCUT2D eigenvalue weighted by Crippen LogP contribution is 2.15. The lowest BCUT2D eigenvalue weighted by molar-refractivity contribution is 0.0916. The van der Waals surface area contributed by atoms with Crippen molar-refractivity contribution in [3.05, 3.63) is 71.8 Å². The zero-order valence-electron chi connectivity index (χ0n) is 15.1. The Morgan fingerprint density at radius 1 is 1.00 bits per heavy atom. The Kier molecular flexibility index (Phi) is 4.75. The maximum atomic E-state index is 12.6. The number of hydrogen-bond acceptors (Lipinski definition) is 3. The number of nitrogens with one attached hydrogen (secondary N) is 2. The first-order chi connectivity index (χ1) is 12.3. The van der Waals surface area contributed by atoms with Crippen LogP contribution in [0.4, 0.5) is 0 Å². The van der Waals surface area contributed by atoms with Crippen molar-refractivity contribution in [3.8, 4) is 0 Å². The summed E-state index contributed by atoms with van der Waals surface area (Å²) in [6.45, 7) is 6.09. The molecule has 0 aliphatic rings. The van der Waals surface area contributed by atoms with E-state index in [1.165, 1.54) is 0 Å². The summed E-state index contributed by atoms with van der Waals surface area (Å²) in [4.78, 5) is 29.5. The number of nitrogens with zero attached hydrogens (tertiary/aromatic N) is 2. The van der Waals surface area contributed by atoms with Gasteiger partial charge in [-0.15, -0.1) is 0 Å². The molecule has 0 bridgehead atoms. The number of carbonyl (C=O) groups excluding carboxylic acids is 2. The number of carbonyl (C=O) groups is 2. The van der Waals surface area contributed by atoms with E-state index in [1.54, 1.807) is 22.7 Å². The highest BCUT2D eigenvalue weighted by Gasteiger charge is 2.23. The van der Waals surface area contributed by atoms with Gasteiger partial charge in [0.2, 0.25) is 5.82 Å². The normalized spacial score (nSPS) is 11.3. The predicted octanol–water partition coefficient (Wildman–Crippen LogP) is 2.79. The van der Waals surface area contributed by atoms with Gasteiger partial charge in [0.25, 0.3) is 11.8 Å². The first kappa shape index (κ1) is 17.7. The van der Waals surface area contributed by atoms with E-state index in [1.807, 2.05) is 57.2 Å². The second-order valence-electron chi connectivity index (χ2n) is 7.11. The number of pyridine rings is 1. The molecule has 0 radical (unpaired) electrons. The van der Waals surface area contributed by atoms with Gasteiger partial charge in [-0.25, -0.2) is 4.98 Å². The van der Waals surface area contributed by atoms with Crippen LogP contribution in [0, 0.1) is 0 Å². The Morgan fingerprint density at radius 2 is 1.69 bits per heavy atom. The van der Waals surface area contributed by atoms with Crippen LogP contribution in [0.15, 0.2) is 54.7 Å². The monoisotopic (exact) mass is 350 g/mol. The van der Waals surface area contributed by atoms with E-state index >= 15 is 0 Å². The van der Waals surface area contributed by atoms with Gasteiger partial charge in [-0.2, -0.15) is 0 Å². The number of rotatable bonds is 4. The summed E-state index contributed by atoms with van der Waals surface area (Å²) >= 11 is 0. The van der Waals surface area contributed by atoms with Gasteiger partial charge < -0.3 is 10.6 Å². The Morgan fingerprint density at radius 3 is 2.38 bits per heavy atom. The molecule has 2 aromatic heterocycles. The van der Waals surface area contributed by atoms with Crippen LogP contribution < -0.4 is 10.6 Å². The Bertz CT molecular complexity index is 939. The number of amides is 2. The second kappa shape index (κ2) is 7.00. The average Bonchev–Trinajstić information content (AvgIpc) is 2.99. The Labute approximate surface area is 152 Å². The molecule has 134 valence electrons. The Hall–Kier alpha value is -3.15. The third kappa shape index (κ3) is 3.91. The van der Waals surface area contributed by atoms with Crippen LogP contribution in [0.1, 0.15) is 47.4 Å². The molecule has 2 amide bonds. The molecule has 0 saturated heterocycles. The first-order valence-corrected chi connectivity index (χ1v) is 8.47. The minimum atomic E-state index is -0.391. The molecule has 0 spiro atoms. The summed E-state index contributed by atoms with van der Waals surface area (Å²) in [5.41, 5.74) is 1.44. The first-order valence-electron chi connectivity index (χ1n) is 8.47. The molecule has 2 N–H and O–H groups in total. The van der Waals surface area contributed by atoms with Crippen molar-refractivity contribution in [3.63, 3.8) is 0 Å². The molecular weight excluding hydrogens is 328 g/mol. The van der Waals surface area contributed by atoms with E-state index in [4.69, 9.17) is 0 Å². The molecule has 0 unspecified atom stereocenters. The van der Waals surface area contributed by atoms with Crippen LogP contribution in [-0.2, 0) is 6.54 Å². The molecule has 0 aliphatic carbocycles. The lowest BCUT2D eigenvalue weighted by atomic mass is 10.1. The van der Waals surface area contributed by atoms with Crippen molar-refractivity contribution in [2.45, 2.75) is 32.9 Å². The molecule has 3 rings (SSSR count). The Balaban J connectivity index is 1.89. The van der Waals surface area contributed by atoms with Crippen LogP contribution >= 0.6 is 0 Å². The van der Waals surface area contributed by atoms with E-state index in [9.17, 15) is 9.59 Å². The summed E-state index contributed by atoms with van der Waals surface area (Å²) in [7, 11) is 0. The highest BCUT2D eigenvalue weighted by atomic mass is 16.2. The predicted molar refractivity (Wildman–Crippen MR) is 100 cm³/mol. The number of hydrogen-bond donors (Lipinski definition) is 2. The zero-order valence-corrected chi connectivity index (χ0v) is 15.1. The minimum absolute atomic E-state index is 0.190. The van der Waals surface area contributed by atoms with Crippen molar-refractivity contribution in [1.82, 2.24) is 20.0 Å². The van der Waals surface area contributed by atoms with E-state index in [2.05, 4.69) is 15.6 Å². The van der Waals surface area contributed by atoms with E-state index in [0.717, 1.165) is 5.56 Å². The van der Waals surface area contributed by atoms with Crippen LogP contribution in [0.25, 0.3) is 5.52 Å². The van der Waals surface area contributed by atoms with Crippen LogP contribution in [-0.4, -0.2) is 26.7 Å². The van der Waals surface area contributed by atoms with Gasteiger partial charge in [0, 0.05) is 18.3 Å². The molecule has 0 fully saturated rings. The summed E-state index contributed by atoms with van der Waals surface area (Å²) in [5.74, 6) is -0.441. The van der Waals surface area contributed by atoms with Gasteiger partial charge >= 0.3 is 0 Å². The largest absolute Gasteiger partial charge is 0.346 e. The summed E-state index contributed by atoms with van der Waals surface area (Å²) in [6.07, 6.45) is 1.73. The summed E-state index contributed by atoms with van der Waals surface area (Å²) in [5, 5.41) is 5.75. The van der Waals surface area contributed by atoms with Crippen molar-refractivity contribution in [2.24, 2.45) is 0 Å². The maximum absolute atomic E-state index is 12.6. The third-order valence-corrected chi connectivity index (χ3v) is 3.75. The van der Waals surface area contributed by atoms with Gasteiger partial charge in [-0.1, -0.05) is 36.4 Å². The van der Waals surface area contributed by atoms with Crippen molar-refractivity contribution in [1.29, 1.82) is 0 Å². The smallest absolute Gasteiger partial charge is 0.287 e. The maximum Gasteiger partial charge on any atom is 0.287 e. The van der Waals surface area contributed by atoms with Crippen LogP contribution in [0.5, 0.6) is 0 Å². The number of imidazole rings is 1. The number of fused-ring (bicyclic) bond motifs is 1. The van der Waals surface area contributed by atoms with E-state index in [0.29, 0.717) is 12.1 Å². The molecule has 1 aromatic carbocycles. The molecular formula is C20H22N4O2. The SMILES string of the molecule is CC(C)(C)NC(=O)c1nc(C(=O)NCc2ccccc2)n2ccccc12. The lowest BCUT2D eigenvalue weighted by Crippen LogP contribution is -2.40. The van der Waals surface area contributed by atoms with Crippen LogP contribution in [0.2, 0.25) is 0 Å². The number of benzene rings is 1. The van der Waals surface area contributed by atoms with Crippen molar-refractivity contribution >= 4 is 17.3 Å². The summed E-state index contributed by atoms with van der Waals surface area (Å²) in [6, 6.07) is 15.0. The molecule has 0 atom stereocenters. The van der Waals surface area contributed by atoms with Gasteiger partial charge in [0.15, 0.2) is 5.69 Å². The molecule has 3 aromatic rings. The van der Waals surface area contributed by atoms with Gasteiger partial charge in [-0.3, -0.25) is 14.0 Å². The standard InChI is InChI=1S/C20H22N4O2/c1-20(2,3)23-18(25)16-15-11-7-8-12-24(15)17(22-16)19(26)21-13-14-9-5-4-6-10-14/h4-12H,13H2,1-3H3,(H,21,26)(H,23,25). The number of aromatic nitrogens is 2. The van der Waals surface area contributed by atoms with Crippen LogP contribution in [0.3, 0.4) is 0 Å². The third-order valence-electron chi connectivity index (χ3n) is 3.75.